The number of fused-ring (bicyclic) bond motifs is 1. The predicted octanol–water partition coefficient (Wildman–Crippen LogP) is 5.26. The lowest BCUT2D eigenvalue weighted by molar-refractivity contribution is 0.742. The van der Waals surface area contributed by atoms with Crippen LogP contribution in [-0.4, -0.2) is 21.6 Å². The summed E-state index contributed by atoms with van der Waals surface area (Å²) in [6, 6.07) is 8.99. The van der Waals surface area contributed by atoms with Gasteiger partial charge >= 0.3 is 0 Å². The molecule has 1 aliphatic rings. The molecule has 134 valence electrons. The number of anilines is 2. The van der Waals surface area contributed by atoms with E-state index in [0.29, 0.717) is 0 Å². The highest BCUT2D eigenvalue weighted by Crippen LogP contribution is 2.33. The molecular formula is C22H26N4. The summed E-state index contributed by atoms with van der Waals surface area (Å²) < 4.78 is 2.04. The van der Waals surface area contributed by atoms with E-state index in [4.69, 9.17) is 0 Å². The number of rotatable bonds is 4. The van der Waals surface area contributed by atoms with Gasteiger partial charge in [0.25, 0.3) is 0 Å². The van der Waals surface area contributed by atoms with Crippen LogP contribution in [0.2, 0.25) is 0 Å². The quantitative estimate of drug-likeness (QED) is 0.646. The Morgan fingerprint density at radius 3 is 2.81 bits per heavy atom. The van der Waals surface area contributed by atoms with E-state index in [0.717, 1.165) is 23.3 Å². The Bertz CT molecular complexity index is 967. The van der Waals surface area contributed by atoms with Crippen molar-refractivity contribution in [1.29, 1.82) is 0 Å². The molecule has 0 radical (unpaired) electrons. The first kappa shape index (κ1) is 16.8. The molecule has 0 bridgehead atoms. The van der Waals surface area contributed by atoms with Crippen LogP contribution < -0.4 is 4.90 Å². The maximum absolute atomic E-state index is 4.62. The smallest absolute Gasteiger partial charge is 0.134 e. The Balaban J connectivity index is 1.71. The largest absolute Gasteiger partial charge is 0.334 e. The summed E-state index contributed by atoms with van der Waals surface area (Å²) in [5, 5.41) is 0. The lowest BCUT2D eigenvalue weighted by atomic mass is 9.92. The summed E-state index contributed by atoms with van der Waals surface area (Å²) in [6.07, 6.45) is 12.2. The van der Waals surface area contributed by atoms with Crippen molar-refractivity contribution in [2.75, 3.05) is 11.9 Å². The van der Waals surface area contributed by atoms with Gasteiger partial charge in [0.1, 0.15) is 11.3 Å². The molecule has 0 unspecified atom stereocenters. The highest BCUT2D eigenvalue weighted by atomic mass is 15.2. The zero-order chi connectivity index (χ0) is 18.1. The third-order valence-corrected chi connectivity index (χ3v) is 5.42. The fraction of sp³-hybridized carbons (Fsp3) is 0.364. The van der Waals surface area contributed by atoms with Gasteiger partial charge in [0.2, 0.25) is 0 Å². The Hall–Kier alpha value is -2.62. The second kappa shape index (κ2) is 6.94. The van der Waals surface area contributed by atoms with Gasteiger partial charge in [-0.15, -0.1) is 0 Å². The molecule has 4 nitrogen and oxygen atoms in total. The summed E-state index contributed by atoms with van der Waals surface area (Å²) in [6.45, 7) is 2.23. The van der Waals surface area contributed by atoms with Crippen LogP contribution in [-0.2, 0) is 13.5 Å². The lowest BCUT2D eigenvalue weighted by Gasteiger charge is -2.23. The van der Waals surface area contributed by atoms with E-state index in [1.165, 1.54) is 48.1 Å². The summed E-state index contributed by atoms with van der Waals surface area (Å²) in [5.74, 6) is 0.945. The predicted molar refractivity (Wildman–Crippen MR) is 109 cm³/mol. The topological polar surface area (TPSA) is 34.0 Å². The maximum atomic E-state index is 4.62. The minimum atomic E-state index is 0.931. The monoisotopic (exact) mass is 346 g/mol. The average molecular weight is 346 g/mol. The third kappa shape index (κ3) is 3.00. The van der Waals surface area contributed by atoms with Crippen molar-refractivity contribution in [1.82, 2.24) is 14.5 Å². The minimum Gasteiger partial charge on any atom is -0.334 e. The zero-order valence-electron chi connectivity index (χ0n) is 15.9. The van der Waals surface area contributed by atoms with Gasteiger partial charge in [-0.05, 0) is 60.9 Å². The fourth-order valence-corrected chi connectivity index (χ4v) is 3.82. The summed E-state index contributed by atoms with van der Waals surface area (Å²) in [5.41, 5.74) is 7.51. The van der Waals surface area contributed by atoms with Crippen LogP contribution >= 0.6 is 0 Å². The average Bonchev–Trinajstić information content (AvgIpc) is 3.08. The molecular weight excluding hydrogens is 320 g/mol. The molecule has 3 aromatic rings. The Kier molecular flexibility index (Phi) is 4.49. The number of hydrogen-bond donors (Lipinski definition) is 0. The molecule has 2 heterocycles. The zero-order valence-corrected chi connectivity index (χ0v) is 15.9. The van der Waals surface area contributed by atoms with Gasteiger partial charge in [0.05, 0.1) is 18.0 Å². The van der Waals surface area contributed by atoms with Crippen molar-refractivity contribution in [3.05, 3.63) is 54.0 Å². The van der Waals surface area contributed by atoms with E-state index < -0.39 is 0 Å². The summed E-state index contributed by atoms with van der Waals surface area (Å²) >= 11 is 0. The number of allylic oxidation sites excluding steroid dienone is 2. The molecule has 0 fully saturated rings. The molecule has 0 saturated heterocycles. The number of hydrogen-bond acceptors (Lipinski definition) is 3. The van der Waals surface area contributed by atoms with E-state index >= 15 is 0 Å². The van der Waals surface area contributed by atoms with Crippen LogP contribution in [0.4, 0.5) is 11.5 Å². The van der Waals surface area contributed by atoms with Crippen molar-refractivity contribution in [3.63, 3.8) is 0 Å². The molecule has 2 aromatic heterocycles. The van der Waals surface area contributed by atoms with Crippen LogP contribution in [0.1, 0.15) is 43.7 Å². The number of aryl methyl sites for hydroxylation is 2. The van der Waals surface area contributed by atoms with Crippen molar-refractivity contribution in [2.45, 2.75) is 39.0 Å². The van der Waals surface area contributed by atoms with E-state index in [1.807, 2.05) is 24.1 Å². The summed E-state index contributed by atoms with van der Waals surface area (Å²) in [4.78, 5) is 11.2. The Labute approximate surface area is 155 Å². The second-order valence-corrected chi connectivity index (χ2v) is 7.12. The molecule has 1 aromatic carbocycles. The van der Waals surface area contributed by atoms with Crippen LogP contribution in [0, 0.1) is 0 Å². The number of imidazole rings is 1. The van der Waals surface area contributed by atoms with Crippen LogP contribution in [0.3, 0.4) is 0 Å². The fourth-order valence-electron chi connectivity index (χ4n) is 3.82. The molecule has 0 aliphatic heterocycles. The summed E-state index contributed by atoms with van der Waals surface area (Å²) in [7, 11) is 4.11. The van der Waals surface area contributed by atoms with Gasteiger partial charge in [-0.2, -0.15) is 0 Å². The number of nitrogens with zero attached hydrogens (tertiary/aromatic N) is 4. The molecule has 1 aliphatic carbocycles. The van der Waals surface area contributed by atoms with Gasteiger partial charge in [0, 0.05) is 25.8 Å². The minimum absolute atomic E-state index is 0.931. The Morgan fingerprint density at radius 1 is 1.15 bits per heavy atom. The van der Waals surface area contributed by atoms with E-state index in [9.17, 15) is 0 Å². The van der Waals surface area contributed by atoms with Gasteiger partial charge < -0.3 is 9.47 Å². The third-order valence-electron chi connectivity index (χ3n) is 5.42. The second-order valence-electron chi connectivity index (χ2n) is 7.12. The van der Waals surface area contributed by atoms with Crippen LogP contribution in [0.15, 0.2) is 42.9 Å². The highest BCUT2D eigenvalue weighted by molar-refractivity contribution is 5.79. The van der Waals surface area contributed by atoms with Crippen LogP contribution in [0.25, 0.3) is 16.6 Å². The van der Waals surface area contributed by atoms with Crippen molar-refractivity contribution in [3.8, 4) is 0 Å². The SMILES string of the molecule is CCc1cc(C2=CCCCC2)ccc1N(C)c1cc2c(cn1)ncn2C. The Morgan fingerprint density at radius 2 is 2.04 bits per heavy atom. The number of aromatic nitrogens is 3. The molecule has 0 N–H and O–H groups in total. The van der Waals surface area contributed by atoms with E-state index in [2.05, 4.69) is 59.2 Å². The molecule has 0 saturated carbocycles. The van der Waals surface area contributed by atoms with Gasteiger partial charge in [-0.3, -0.25) is 0 Å². The molecule has 0 atom stereocenters. The van der Waals surface area contributed by atoms with Gasteiger partial charge in [0.15, 0.2) is 0 Å². The van der Waals surface area contributed by atoms with Crippen molar-refractivity contribution in [2.24, 2.45) is 7.05 Å². The van der Waals surface area contributed by atoms with E-state index in [-0.39, 0.29) is 0 Å². The molecule has 0 spiro atoms. The lowest BCUT2D eigenvalue weighted by Crippen LogP contribution is -2.13. The molecule has 0 amide bonds. The van der Waals surface area contributed by atoms with E-state index in [1.54, 1.807) is 0 Å². The number of pyridine rings is 1. The van der Waals surface area contributed by atoms with Crippen molar-refractivity contribution >= 4 is 28.1 Å². The normalized spacial score (nSPS) is 14.5. The highest BCUT2D eigenvalue weighted by Gasteiger charge is 2.14. The van der Waals surface area contributed by atoms with Crippen LogP contribution in [0.5, 0.6) is 0 Å². The standard InChI is InChI=1S/C22H26N4/c1-4-16-12-18(17-8-6-5-7-9-17)10-11-20(16)26(3)22-13-21-19(14-23-22)24-15-25(21)2/h8,10-15H,4-7,9H2,1-3H3. The molecule has 4 rings (SSSR count). The first-order valence-corrected chi connectivity index (χ1v) is 9.50. The number of benzene rings is 1. The maximum Gasteiger partial charge on any atom is 0.134 e. The molecule has 4 heteroatoms. The molecule has 26 heavy (non-hydrogen) atoms. The first-order valence-electron chi connectivity index (χ1n) is 9.50. The van der Waals surface area contributed by atoms with Crippen molar-refractivity contribution < 1.29 is 0 Å². The van der Waals surface area contributed by atoms with Gasteiger partial charge in [-0.25, -0.2) is 9.97 Å². The first-order chi connectivity index (χ1) is 12.7. The van der Waals surface area contributed by atoms with Gasteiger partial charge in [-0.1, -0.05) is 19.1 Å².